The van der Waals surface area contributed by atoms with Crippen molar-refractivity contribution in [2.24, 2.45) is 0 Å². The molecule has 0 aliphatic carbocycles. The Morgan fingerprint density at radius 3 is 3.00 bits per heavy atom. The predicted octanol–water partition coefficient (Wildman–Crippen LogP) is 1.66. The van der Waals surface area contributed by atoms with Gasteiger partial charge < -0.3 is 9.30 Å². The van der Waals surface area contributed by atoms with Crippen LogP contribution in [0.5, 0.6) is 0 Å². The highest BCUT2D eigenvalue weighted by Crippen LogP contribution is 2.10. The third-order valence-corrected chi connectivity index (χ3v) is 2.07. The minimum Gasteiger partial charge on any atom is -0.465 e. The van der Waals surface area contributed by atoms with Gasteiger partial charge in [0.25, 0.3) is 0 Å². The van der Waals surface area contributed by atoms with Gasteiger partial charge in [0, 0.05) is 18.1 Å². The van der Waals surface area contributed by atoms with Gasteiger partial charge in [-0.15, -0.1) is 0 Å². The number of ether oxygens (including phenoxy) is 1. The van der Waals surface area contributed by atoms with Crippen molar-refractivity contribution in [2.75, 3.05) is 7.11 Å². The van der Waals surface area contributed by atoms with Crippen LogP contribution >= 0.6 is 0 Å². The van der Waals surface area contributed by atoms with Crippen LogP contribution in [0.3, 0.4) is 0 Å². The van der Waals surface area contributed by atoms with Crippen molar-refractivity contribution in [3.8, 4) is 5.69 Å². The number of benzene rings is 1. The maximum absolute atomic E-state index is 11.3. The van der Waals surface area contributed by atoms with E-state index in [-0.39, 0.29) is 5.97 Å². The number of esters is 1. The SMILES string of the molecule is COC(=O)c1cccc(-n2ccnc2)c1. The van der Waals surface area contributed by atoms with Crippen LogP contribution in [0.15, 0.2) is 43.0 Å². The van der Waals surface area contributed by atoms with Crippen molar-refractivity contribution < 1.29 is 9.53 Å². The van der Waals surface area contributed by atoms with E-state index in [1.54, 1.807) is 24.7 Å². The zero-order chi connectivity index (χ0) is 10.7. The fourth-order valence-electron chi connectivity index (χ4n) is 1.32. The molecule has 0 amide bonds. The molecular formula is C11H10N2O2. The van der Waals surface area contributed by atoms with Gasteiger partial charge in [0.05, 0.1) is 19.0 Å². The lowest BCUT2D eigenvalue weighted by Gasteiger charge is -2.04. The summed E-state index contributed by atoms with van der Waals surface area (Å²) in [6.07, 6.45) is 5.18. The molecule has 4 nitrogen and oxygen atoms in total. The van der Waals surface area contributed by atoms with Gasteiger partial charge in [-0.1, -0.05) is 6.07 Å². The molecule has 0 aliphatic rings. The lowest BCUT2D eigenvalue weighted by atomic mass is 10.2. The summed E-state index contributed by atoms with van der Waals surface area (Å²) < 4.78 is 6.47. The average molecular weight is 202 g/mol. The molecule has 0 unspecified atom stereocenters. The number of carbonyl (C=O) groups is 1. The Morgan fingerprint density at radius 1 is 1.47 bits per heavy atom. The number of rotatable bonds is 2. The summed E-state index contributed by atoms with van der Waals surface area (Å²) in [5, 5.41) is 0. The molecule has 2 rings (SSSR count). The minimum atomic E-state index is -0.336. The Morgan fingerprint density at radius 2 is 2.33 bits per heavy atom. The summed E-state index contributed by atoms with van der Waals surface area (Å²) in [4.78, 5) is 15.2. The maximum Gasteiger partial charge on any atom is 0.337 e. The Kier molecular flexibility index (Phi) is 2.49. The maximum atomic E-state index is 11.3. The van der Waals surface area contributed by atoms with Crippen LogP contribution in [-0.4, -0.2) is 22.6 Å². The first-order valence-corrected chi connectivity index (χ1v) is 4.48. The number of methoxy groups -OCH3 is 1. The summed E-state index contributed by atoms with van der Waals surface area (Å²) in [6.45, 7) is 0. The molecule has 0 spiro atoms. The Labute approximate surface area is 87.1 Å². The van der Waals surface area contributed by atoms with Crippen LogP contribution in [0.1, 0.15) is 10.4 Å². The summed E-state index contributed by atoms with van der Waals surface area (Å²) in [5.41, 5.74) is 1.42. The normalized spacial score (nSPS) is 9.93. The topological polar surface area (TPSA) is 44.1 Å². The zero-order valence-electron chi connectivity index (χ0n) is 8.25. The van der Waals surface area contributed by atoms with E-state index in [9.17, 15) is 4.79 Å². The Hall–Kier alpha value is -2.10. The Bertz CT molecular complexity index is 463. The van der Waals surface area contributed by atoms with Crippen molar-refractivity contribution >= 4 is 5.97 Å². The lowest BCUT2D eigenvalue weighted by Crippen LogP contribution is -2.02. The van der Waals surface area contributed by atoms with Crippen LogP contribution < -0.4 is 0 Å². The largest absolute Gasteiger partial charge is 0.465 e. The number of carbonyl (C=O) groups excluding carboxylic acids is 1. The molecule has 0 bridgehead atoms. The molecule has 0 atom stereocenters. The van der Waals surface area contributed by atoms with Gasteiger partial charge in [0.15, 0.2) is 0 Å². The monoisotopic (exact) mass is 202 g/mol. The highest BCUT2D eigenvalue weighted by Gasteiger charge is 2.05. The van der Waals surface area contributed by atoms with E-state index in [0.717, 1.165) is 5.69 Å². The number of hydrogen-bond acceptors (Lipinski definition) is 3. The molecule has 76 valence electrons. The molecule has 0 N–H and O–H groups in total. The van der Waals surface area contributed by atoms with Crippen molar-refractivity contribution in [3.05, 3.63) is 48.5 Å². The summed E-state index contributed by atoms with van der Waals surface area (Å²) in [5.74, 6) is -0.336. The van der Waals surface area contributed by atoms with E-state index < -0.39 is 0 Å². The van der Waals surface area contributed by atoms with Gasteiger partial charge in [-0.05, 0) is 18.2 Å². The van der Waals surface area contributed by atoms with Crippen LogP contribution in [0.4, 0.5) is 0 Å². The van der Waals surface area contributed by atoms with E-state index in [1.807, 2.05) is 22.9 Å². The second kappa shape index (κ2) is 3.96. The second-order valence-electron chi connectivity index (χ2n) is 3.01. The minimum absolute atomic E-state index is 0.336. The van der Waals surface area contributed by atoms with Crippen molar-refractivity contribution in [3.63, 3.8) is 0 Å². The van der Waals surface area contributed by atoms with Crippen LogP contribution in [0.2, 0.25) is 0 Å². The first kappa shape index (κ1) is 9.45. The quantitative estimate of drug-likeness (QED) is 0.695. The van der Waals surface area contributed by atoms with E-state index >= 15 is 0 Å². The summed E-state index contributed by atoms with van der Waals surface area (Å²) in [7, 11) is 1.37. The molecule has 1 heterocycles. The van der Waals surface area contributed by atoms with Crippen molar-refractivity contribution in [1.29, 1.82) is 0 Å². The predicted molar refractivity (Wildman–Crippen MR) is 54.9 cm³/mol. The smallest absolute Gasteiger partial charge is 0.337 e. The molecule has 0 fully saturated rings. The van der Waals surface area contributed by atoms with E-state index in [1.165, 1.54) is 7.11 Å². The molecule has 0 radical (unpaired) electrons. The molecule has 15 heavy (non-hydrogen) atoms. The molecular weight excluding hydrogens is 192 g/mol. The van der Waals surface area contributed by atoms with Gasteiger partial charge in [-0.3, -0.25) is 0 Å². The van der Waals surface area contributed by atoms with Crippen LogP contribution in [0.25, 0.3) is 5.69 Å². The van der Waals surface area contributed by atoms with E-state index in [2.05, 4.69) is 9.72 Å². The summed E-state index contributed by atoms with van der Waals surface area (Å²) >= 11 is 0. The van der Waals surface area contributed by atoms with Gasteiger partial charge in [-0.2, -0.15) is 0 Å². The van der Waals surface area contributed by atoms with Gasteiger partial charge in [0.2, 0.25) is 0 Å². The number of aromatic nitrogens is 2. The second-order valence-corrected chi connectivity index (χ2v) is 3.01. The highest BCUT2D eigenvalue weighted by molar-refractivity contribution is 5.89. The molecule has 4 heteroatoms. The van der Waals surface area contributed by atoms with Crippen molar-refractivity contribution in [2.45, 2.75) is 0 Å². The molecule has 0 saturated carbocycles. The van der Waals surface area contributed by atoms with Gasteiger partial charge in [-0.25, -0.2) is 9.78 Å². The first-order valence-electron chi connectivity index (χ1n) is 4.48. The van der Waals surface area contributed by atoms with E-state index in [0.29, 0.717) is 5.56 Å². The molecule has 0 saturated heterocycles. The third kappa shape index (κ3) is 1.88. The van der Waals surface area contributed by atoms with Crippen LogP contribution in [-0.2, 0) is 4.74 Å². The number of imidazole rings is 1. The Balaban J connectivity index is 2.39. The van der Waals surface area contributed by atoms with Crippen LogP contribution in [0, 0.1) is 0 Å². The average Bonchev–Trinajstić information content (AvgIpc) is 2.82. The molecule has 2 aromatic rings. The summed E-state index contributed by atoms with van der Waals surface area (Å²) in [6, 6.07) is 7.18. The highest BCUT2D eigenvalue weighted by atomic mass is 16.5. The standard InChI is InChI=1S/C11H10N2O2/c1-15-11(14)9-3-2-4-10(7-9)13-6-5-12-8-13/h2-8H,1H3. The third-order valence-electron chi connectivity index (χ3n) is 2.07. The first-order chi connectivity index (χ1) is 7.31. The fourth-order valence-corrected chi connectivity index (χ4v) is 1.32. The zero-order valence-corrected chi connectivity index (χ0v) is 8.25. The number of nitrogens with zero attached hydrogens (tertiary/aromatic N) is 2. The fraction of sp³-hybridized carbons (Fsp3) is 0.0909. The lowest BCUT2D eigenvalue weighted by molar-refractivity contribution is 0.0600. The molecule has 1 aromatic carbocycles. The molecule has 0 aliphatic heterocycles. The number of hydrogen-bond donors (Lipinski definition) is 0. The van der Waals surface area contributed by atoms with Gasteiger partial charge in [0.1, 0.15) is 0 Å². The van der Waals surface area contributed by atoms with Crippen molar-refractivity contribution in [1.82, 2.24) is 9.55 Å². The van der Waals surface area contributed by atoms with Gasteiger partial charge >= 0.3 is 5.97 Å². The van der Waals surface area contributed by atoms with E-state index in [4.69, 9.17) is 0 Å². The molecule has 1 aromatic heterocycles.